The van der Waals surface area contributed by atoms with Crippen molar-refractivity contribution in [2.45, 2.75) is 19.8 Å². The van der Waals surface area contributed by atoms with Gasteiger partial charge in [0.25, 0.3) is 0 Å². The molecule has 4 heteroatoms. The van der Waals surface area contributed by atoms with Crippen LogP contribution in [0.5, 0.6) is 0 Å². The summed E-state index contributed by atoms with van der Waals surface area (Å²) in [5.74, 6) is -0.221. The van der Waals surface area contributed by atoms with E-state index in [1.54, 1.807) is 24.3 Å². The molecular formula is C19H16N2O2. The number of carbonyl (C=O) groups is 1. The third-order valence-corrected chi connectivity index (χ3v) is 3.35. The van der Waals surface area contributed by atoms with Gasteiger partial charge in [-0.25, -0.2) is 0 Å². The van der Waals surface area contributed by atoms with Gasteiger partial charge < -0.3 is 4.74 Å². The van der Waals surface area contributed by atoms with Crippen LogP contribution in [0.25, 0.3) is 0 Å². The molecule has 2 aliphatic carbocycles. The topological polar surface area (TPSA) is 73.9 Å². The Morgan fingerprint density at radius 3 is 2.22 bits per heavy atom. The van der Waals surface area contributed by atoms with Crippen molar-refractivity contribution in [3.05, 3.63) is 69.6 Å². The summed E-state index contributed by atoms with van der Waals surface area (Å²) in [6, 6.07) is 16.9. The van der Waals surface area contributed by atoms with E-state index in [-0.39, 0.29) is 12.4 Å². The maximum atomic E-state index is 11.2. The molecule has 0 unspecified atom stereocenters. The Hall–Kier alpha value is -3.11. The molecule has 23 heavy (non-hydrogen) atoms. The fraction of sp³-hybridized carbons (Fsp3) is 0.211. The van der Waals surface area contributed by atoms with Gasteiger partial charge in [-0.1, -0.05) is 31.2 Å². The third-order valence-electron chi connectivity index (χ3n) is 3.35. The maximum Gasteiger partial charge on any atom is 0.310 e. The quantitative estimate of drug-likeness (QED) is 0.694. The van der Waals surface area contributed by atoms with Crippen molar-refractivity contribution >= 4 is 5.97 Å². The van der Waals surface area contributed by atoms with E-state index in [2.05, 4.69) is 6.07 Å². The summed E-state index contributed by atoms with van der Waals surface area (Å²) in [4.78, 5) is 11.2. The van der Waals surface area contributed by atoms with Crippen LogP contribution < -0.4 is 0 Å². The molecule has 0 amide bonds. The minimum absolute atomic E-state index is 0.221. The number of benzene rings is 2. The molecule has 0 bridgehead atoms. The molecule has 114 valence electrons. The largest absolute Gasteiger partial charge is 0.465 e. The Balaban J connectivity index is 0.000000198. The Kier molecular flexibility index (Phi) is 5.50. The third kappa shape index (κ3) is 4.18. The van der Waals surface area contributed by atoms with Crippen molar-refractivity contribution in [2.24, 2.45) is 0 Å². The molecular weight excluding hydrogens is 288 g/mol. The lowest BCUT2D eigenvalue weighted by Crippen LogP contribution is -2.08. The second kappa shape index (κ2) is 7.77. The van der Waals surface area contributed by atoms with Crippen LogP contribution in [0.15, 0.2) is 42.5 Å². The fourth-order valence-corrected chi connectivity index (χ4v) is 2.01. The van der Waals surface area contributed by atoms with E-state index < -0.39 is 0 Å². The summed E-state index contributed by atoms with van der Waals surface area (Å²) in [5, 5.41) is 19.3. The van der Waals surface area contributed by atoms with Crippen LogP contribution in [0.2, 0.25) is 0 Å². The number of nitrogens with zero attached hydrogens (tertiary/aromatic N) is 2. The predicted molar refractivity (Wildman–Crippen MR) is 84.9 cm³/mol. The lowest BCUT2D eigenvalue weighted by Gasteiger charge is -2.02. The number of ether oxygens (including phenoxy) is 1. The Bertz CT molecular complexity index is 872. The van der Waals surface area contributed by atoms with Crippen molar-refractivity contribution < 1.29 is 9.53 Å². The average Bonchev–Trinajstić information content (AvgIpc) is 2.56. The van der Waals surface area contributed by atoms with Crippen molar-refractivity contribution in [1.29, 1.82) is 10.5 Å². The number of nitriles is 2. The lowest BCUT2D eigenvalue weighted by atomic mass is 10.0. The van der Waals surface area contributed by atoms with E-state index in [0.29, 0.717) is 12.2 Å². The van der Waals surface area contributed by atoms with Gasteiger partial charge in [-0.05, 0) is 40.6 Å². The molecule has 0 heterocycles. The van der Waals surface area contributed by atoms with Gasteiger partial charge in [-0.15, -0.1) is 0 Å². The molecule has 0 aromatic heterocycles. The molecule has 1 aromatic rings. The summed E-state index contributed by atoms with van der Waals surface area (Å²) in [6.45, 7) is 2.42. The number of hydrogen-bond acceptors (Lipinski definition) is 4. The van der Waals surface area contributed by atoms with E-state index in [9.17, 15) is 4.79 Å². The standard InChI is InChI=1S/C12H13NO2.C7H3N/c1-2-7-15-12(14)8-10-3-5-11(9-13)6-4-10;8-4-6-3-5-1-2-7(5)6/h3-6H,2,7-8H2,1H3;1-3H. The smallest absolute Gasteiger partial charge is 0.310 e. The first-order chi connectivity index (χ1) is 11.2. The summed E-state index contributed by atoms with van der Waals surface area (Å²) in [6.07, 6.45) is 1.10. The van der Waals surface area contributed by atoms with Crippen LogP contribution >= 0.6 is 0 Å². The molecule has 0 saturated carbocycles. The van der Waals surface area contributed by atoms with Gasteiger partial charge in [0.05, 0.1) is 36.3 Å². The van der Waals surface area contributed by atoms with Crippen LogP contribution in [0.3, 0.4) is 0 Å². The first-order valence-corrected chi connectivity index (χ1v) is 7.37. The van der Waals surface area contributed by atoms with Crippen LogP contribution in [0.1, 0.15) is 30.0 Å². The monoisotopic (exact) mass is 304 g/mol. The lowest BCUT2D eigenvalue weighted by molar-refractivity contribution is -0.142. The van der Waals surface area contributed by atoms with Crippen LogP contribution in [0, 0.1) is 33.1 Å². The van der Waals surface area contributed by atoms with Gasteiger partial charge >= 0.3 is 5.97 Å². The second-order valence-corrected chi connectivity index (χ2v) is 5.08. The zero-order chi connectivity index (χ0) is 16.7. The van der Waals surface area contributed by atoms with Gasteiger partial charge in [-0.3, -0.25) is 4.79 Å². The summed E-state index contributed by atoms with van der Waals surface area (Å²) in [5.41, 5.74) is 2.30. The average molecular weight is 304 g/mol. The highest BCUT2D eigenvalue weighted by Crippen LogP contribution is 2.13. The highest BCUT2D eigenvalue weighted by atomic mass is 16.5. The highest BCUT2D eigenvalue weighted by molar-refractivity contribution is 5.72. The fourth-order valence-electron chi connectivity index (χ4n) is 2.01. The van der Waals surface area contributed by atoms with Gasteiger partial charge in [0.15, 0.2) is 0 Å². The van der Waals surface area contributed by atoms with E-state index in [1.165, 1.54) is 5.22 Å². The Morgan fingerprint density at radius 1 is 1.09 bits per heavy atom. The first-order valence-electron chi connectivity index (χ1n) is 7.37. The van der Waals surface area contributed by atoms with Gasteiger partial charge in [0, 0.05) is 0 Å². The molecule has 0 atom stereocenters. The van der Waals surface area contributed by atoms with Crippen LogP contribution in [-0.4, -0.2) is 12.6 Å². The Morgan fingerprint density at radius 2 is 1.83 bits per heavy atom. The molecule has 3 rings (SSSR count). The van der Waals surface area contributed by atoms with E-state index >= 15 is 0 Å². The number of rotatable bonds is 4. The molecule has 0 spiro atoms. The van der Waals surface area contributed by atoms with Gasteiger partial charge in [0.1, 0.15) is 0 Å². The second-order valence-electron chi connectivity index (χ2n) is 5.08. The minimum Gasteiger partial charge on any atom is -0.465 e. The van der Waals surface area contributed by atoms with Crippen LogP contribution in [-0.2, 0) is 16.0 Å². The van der Waals surface area contributed by atoms with Gasteiger partial charge in [0.2, 0.25) is 0 Å². The molecule has 0 radical (unpaired) electrons. The zero-order valence-corrected chi connectivity index (χ0v) is 12.9. The Labute approximate surface area is 134 Å². The predicted octanol–water partition coefficient (Wildman–Crippen LogP) is 3.21. The molecule has 0 N–H and O–H groups in total. The number of hydrogen-bond donors (Lipinski definition) is 0. The molecule has 2 aliphatic rings. The molecule has 0 aliphatic heterocycles. The van der Waals surface area contributed by atoms with Gasteiger partial charge in [-0.2, -0.15) is 10.5 Å². The van der Waals surface area contributed by atoms with Crippen molar-refractivity contribution in [2.75, 3.05) is 6.61 Å². The molecule has 0 fully saturated rings. The highest BCUT2D eigenvalue weighted by Gasteiger charge is 2.04. The molecule has 0 saturated heterocycles. The van der Waals surface area contributed by atoms with E-state index in [1.807, 2.05) is 31.2 Å². The number of carbonyl (C=O) groups excluding carboxylic acids is 1. The minimum atomic E-state index is -0.221. The van der Waals surface area contributed by atoms with E-state index in [0.717, 1.165) is 22.8 Å². The maximum absolute atomic E-state index is 11.2. The summed E-state index contributed by atoms with van der Waals surface area (Å²) in [7, 11) is 0. The summed E-state index contributed by atoms with van der Waals surface area (Å²) >= 11 is 0. The zero-order valence-electron chi connectivity index (χ0n) is 12.9. The molecule has 1 aromatic carbocycles. The number of esters is 1. The van der Waals surface area contributed by atoms with E-state index in [4.69, 9.17) is 15.3 Å². The summed E-state index contributed by atoms with van der Waals surface area (Å²) < 4.78 is 4.95. The SMILES string of the molecule is CCCOC(=O)Cc1ccc(C#N)cc1.N#Cc1cc2ccc1=2. The first kappa shape index (κ1) is 16.3. The van der Waals surface area contributed by atoms with Crippen molar-refractivity contribution in [3.8, 4) is 12.1 Å². The normalized spacial score (nSPS) is 9.70. The van der Waals surface area contributed by atoms with Crippen LogP contribution in [0.4, 0.5) is 0 Å². The molecule has 4 nitrogen and oxygen atoms in total. The van der Waals surface area contributed by atoms with Crippen molar-refractivity contribution in [3.63, 3.8) is 0 Å². The van der Waals surface area contributed by atoms with Crippen molar-refractivity contribution in [1.82, 2.24) is 0 Å².